The fourth-order valence-corrected chi connectivity index (χ4v) is 0.965. The summed E-state index contributed by atoms with van der Waals surface area (Å²) in [6, 6.07) is 0. The monoisotopic (exact) mass is 80.1 g/mol. The van der Waals surface area contributed by atoms with Gasteiger partial charge < -0.3 is 0 Å². The van der Waals surface area contributed by atoms with Crippen LogP contribution in [-0.4, -0.2) is 7.85 Å². The lowest BCUT2D eigenvalue weighted by atomic mass is 9.65. The molecule has 0 aromatic rings. The lowest BCUT2D eigenvalue weighted by molar-refractivity contribution is 0.347. The van der Waals surface area contributed by atoms with Crippen LogP contribution < -0.4 is 0 Å². The highest BCUT2D eigenvalue weighted by molar-refractivity contribution is 6.12. The maximum Gasteiger partial charge on any atom is 0.0699 e. The van der Waals surface area contributed by atoms with Crippen molar-refractivity contribution >= 4 is 7.85 Å². The first-order valence-electron chi connectivity index (χ1n) is 2.54. The molecule has 1 aliphatic rings. The van der Waals surface area contributed by atoms with Crippen molar-refractivity contribution in [1.82, 2.24) is 0 Å². The van der Waals surface area contributed by atoms with Crippen molar-refractivity contribution in [3.8, 4) is 0 Å². The predicted octanol–water partition coefficient (Wildman–Crippen LogP) is 1.37. The highest BCUT2D eigenvalue weighted by Gasteiger charge is 2.19. The smallest absolute Gasteiger partial charge is 0.0699 e. The molecule has 0 spiro atoms. The van der Waals surface area contributed by atoms with Gasteiger partial charge in [-0.3, -0.25) is 0 Å². The standard InChI is InChI=1S/C5H9B/c1-4-2-5(6)3-4/h4-5H,2-3H2,1H3. The van der Waals surface area contributed by atoms with Gasteiger partial charge in [0.2, 0.25) is 0 Å². The first kappa shape index (κ1) is 4.23. The van der Waals surface area contributed by atoms with E-state index in [1.165, 1.54) is 12.8 Å². The first-order valence-corrected chi connectivity index (χ1v) is 2.54. The summed E-state index contributed by atoms with van der Waals surface area (Å²) in [5.74, 6) is 1.46. The minimum atomic E-state index is 0.542. The fraction of sp³-hybridized carbons (Fsp3) is 1.00. The van der Waals surface area contributed by atoms with E-state index in [1.807, 2.05) is 0 Å². The van der Waals surface area contributed by atoms with E-state index in [-0.39, 0.29) is 0 Å². The number of hydrogen-bond acceptors (Lipinski definition) is 0. The third kappa shape index (κ3) is 0.587. The molecular weight excluding hydrogens is 70.9 g/mol. The minimum Gasteiger partial charge on any atom is -0.0769 e. The summed E-state index contributed by atoms with van der Waals surface area (Å²) in [6.07, 6.45) is 2.50. The van der Waals surface area contributed by atoms with Gasteiger partial charge in [-0.15, -0.1) is 0 Å². The second-order valence-electron chi connectivity index (χ2n) is 2.34. The van der Waals surface area contributed by atoms with Crippen LogP contribution in [0.1, 0.15) is 19.8 Å². The molecule has 1 fully saturated rings. The first-order chi connectivity index (χ1) is 2.79. The van der Waals surface area contributed by atoms with E-state index < -0.39 is 0 Å². The zero-order valence-corrected chi connectivity index (χ0v) is 4.15. The van der Waals surface area contributed by atoms with Crippen LogP contribution in [0.3, 0.4) is 0 Å². The second-order valence-corrected chi connectivity index (χ2v) is 2.34. The Morgan fingerprint density at radius 2 is 2.00 bits per heavy atom. The van der Waals surface area contributed by atoms with Crippen LogP contribution in [0, 0.1) is 5.92 Å². The molecule has 1 aliphatic carbocycles. The van der Waals surface area contributed by atoms with Gasteiger partial charge in [-0.1, -0.05) is 25.6 Å². The molecule has 0 unspecified atom stereocenters. The van der Waals surface area contributed by atoms with E-state index in [0.717, 1.165) is 5.92 Å². The lowest BCUT2D eigenvalue weighted by Crippen LogP contribution is -2.14. The SMILES string of the molecule is [B]C1CC(C)C1. The lowest BCUT2D eigenvalue weighted by Gasteiger charge is -2.29. The van der Waals surface area contributed by atoms with E-state index in [2.05, 4.69) is 6.92 Å². The van der Waals surface area contributed by atoms with Gasteiger partial charge in [0.25, 0.3) is 0 Å². The summed E-state index contributed by atoms with van der Waals surface area (Å²) in [4.78, 5) is 0. The van der Waals surface area contributed by atoms with Crippen molar-refractivity contribution in [3.63, 3.8) is 0 Å². The van der Waals surface area contributed by atoms with Crippen LogP contribution in [-0.2, 0) is 0 Å². The van der Waals surface area contributed by atoms with Gasteiger partial charge >= 0.3 is 0 Å². The second kappa shape index (κ2) is 1.29. The van der Waals surface area contributed by atoms with Gasteiger partial charge in [-0.05, 0) is 5.92 Å². The average Bonchev–Trinajstić information content (AvgIpc) is 1.33. The Labute approximate surface area is 40.3 Å². The van der Waals surface area contributed by atoms with E-state index in [9.17, 15) is 0 Å². The molecule has 32 valence electrons. The molecule has 0 saturated heterocycles. The topological polar surface area (TPSA) is 0 Å². The van der Waals surface area contributed by atoms with Gasteiger partial charge in [0.1, 0.15) is 0 Å². The Balaban J connectivity index is 2.11. The van der Waals surface area contributed by atoms with E-state index in [4.69, 9.17) is 7.85 Å². The minimum absolute atomic E-state index is 0.542. The van der Waals surface area contributed by atoms with Crippen molar-refractivity contribution in [1.29, 1.82) is 0 Å². The molecule has 1 heteroatoms. The maximum atomic E-state index is 5.47. The molecule has 6 heavy (non-hydrogen) atoms. The molecule has 0 N–H and O–H groups in total. The summed E-state index contributed by atoms with van der Waals surface area (Å²) in [7, 11) is 5.47. The molecule has 0 nitrogen and oxygen atoms in total. The van der Waals surface area contributed by atoms with Crippen LogP contribution in [0.15, 0.2) is 0 Å². The van der Waals surface area contributed by atoms with E-state index >= 15 is 0 Å². The summed E-state index contributed by atoms with van der Waals surface area (Å²) in [6.45, 7) is 2.24. The number of rotatable bonds is 0. The Morgan fingerprint density at radius 3 is 2.00 bits per heavy atom. The van der Waals surface area contributed by atoms with Gasteiger partial charge in [0.15, 0.2) is 0 Å². The Morgan fingerprint density at radius 1 is 1.50 bits per heavy atom. The Kier molecular flexibility index (Phi) is 0.907. The third-order valence-corrected chi connectivity index (χ3v) is 1.41. The van der Waals surface area contributed by atoms with Crippen LogP contribution >= 0.6 is 0 Å². The zero-order valence-electron chi connectivity index (χ0n) is 4.15. The number of hydrogen-bond donors (Lipinski definition) is 0. The molecule has 0 aliphatic heterocycles. The Hall–Kier alpha value is 0.0649. The molecular formula is C5H9B. The quantitative estimate of drug-likeness (QED) is 0.385. The summed E-state index contributed by atoms with van der Waals surface area (Å²) >= 11 is 0. The van der Waals surface area contributed by atoms with Crippen LogP contribution in [0.5, 0.6) is 0 Å². The average molecular weight is 79.9 g/mol. The molecule has 2 radical (unpaired) electrons. The van der Waals surface area contributed by atoms with Crippen LogP contribution in [0.2, 0.25) is 5.82 Å². The summed E-state index contributed by atoms with van der Waals surface area (Å²) in [5.41, 5.74) is 0. The third-order valence-electron chi connectivity index (χ3n) is 1.41. The maximum absolute atomic E-state index is 5.47. The molecule has 0 amide bonds. The summed E-state index contributed by atoms with van der Waals surface area (Å²) in [5, 5.41) is 0. The van der Waals surface area contributed by atoms with Crippen molar-refractivity contribution in [2.24, 2.45) is 5.92 Å². The largest absolute Gasteiger partial charge is 0.0769 e. The zero-order chi connectivity index (χ0) is 4.57. The van der Waals surface area contributed by atoms with E-state index in [1.54, 1.807) is 0 Å². The van der Waals surface area contributed by atoms with Gasteiger partial charge in [0.05, 0.1) is 7.85 Å². The predicted molar refractivity (Wildman–Crippen MR) is 27.9 cm³/mol. The molecule has 1 rings (SSSR count). The Bertz CT molecular complexity index is 39.9. The molecule has 0 aromatic heterocycles. The highest BCUT2D eigenvalue weighted by Crippen LogP contribution is 2.34. The molecule has 0 heterocycles. The molecule has 0 aromatic carbocycles. The van der Waals surface area contributed by atoms with Gasteiger partial charge in [-0.25, -0.2) is 0 Å². The molecule has 1 saturated carbocycles. The highest BCUT2D eigenvalue weighted by atomic mass is 14.2. The van der Waals surface area contributed by atoms with Gasteiger partial charge in [-0.2, -0.15) is 0 Å². The van der Waals surface area contributed by atoms with Gasteiger partial charge in [0, 0.05) is 0 Å². The van der Waals surface area contributed by atoms with Crippen LogP contribution in [0.25, 0.3) is 0 Å². The summed E-state index contributed by atoms with van der Waals surface area (Å²) < 4.78 is 0. The molecule has 0 bridgehead atoms. The normalized spacial score (nSPS) is 44.8. The van der Waals surface area contributed by atoms with Crippen molar-refractivity contribution in [2.75, 3.05) is 0 Å². The van der Waals surface area contributed by atoms with E-state index in [0.29, 0.717) is 5.82 Å². The van der Waals surface area contributed by atoms with Crippen LogP contribution in [0.4, 0.5) is 0 Å². The van der Waals surface area contributed by atoms with Crippen molar-refractivity contribution < 1.29 is 0 Å². The van der Waals surface area contributed by atoms with Crippen molar-refractivity contribution in [2.45, 2.75) is 25.6 Å². The van der Waals surface area contributed by atoms with Crippen molar-refractivity contribution in [3.05, 3.63) is 0 Å². The molecule has 0 atom stereocenters. The fourth-order valence-electron chi connectivity index (χ4n) is 0.965.